The molecule has 0 bridgehead atoms. The van der Waals surface area contributed by atoms with Crippen molar-refractivity contribution in [3.05, 3.63) is 67.8 Å². The number of ether oxygens (including phenoxy) is 1. The molecule has 0 unspecified atom stereocenters. The highest BCUT2D eigenvalue weighted by atomic mass is 16.6. The van der Waals surface area contributed by atoms with Gasteiger partial charge in [-0.2, -0.15) is 0 Å². The van der Waals surface area contributed by atoms with Crippen LogP contribution in [0.1, 0.15) is 18.1 Å². The first-order valence-corrected chi connectivity index (χ1v) is 7.08. The normalized spacial score (nSPS) is 9.62. The summed E-state index contributed by atoms with van der Waals surface area (Å²) < 4.78 is 5.15. The molecule has 0 heterocycles. The van der Waals surface area contributed by atoms with Crippen LogP contribution in [0, 0.1) is 34.1 Å². The van der Waals surface area contributed by atoms with Crippen LogP contribution >= 0.6 is 0 Å². The molecular formula is C16H18N2O6. The molecule has 2 aromatic rings. The van der Waals surface area contributed by atoms with E-state index in [1.807, 2.05) is 6.92 Å². The fourth-order valence-corrected chi connectivity index (χ4v) is 1.84. The first-order chi connectivity index (χ1) is 11.3. The van der Waals surface area contributed by atoms with E-state index < -0.39 is 9.85 Å². The van der Waals surface area contributed by atoms with Gasteiger partial charge in [-0.05, 0) is 45.0 Å². The van der Waals surface area contributed by atoms with Crippen molar-refractivity contribution in [2.45, 2.75) is 20.8 Å². The summed E-state index contributed by atoms with van der Waals surface area (Å²) in [6.45, 7) is 5.68. The molecule has 0 atom stereocenters. The molecule has 8 heteroatoms. The van der Waals surface area contributed by atoms with Crippen molar-refractivity contribution >= 4 is 11.4 Å². The summed E-state index contributed by atoms with van der Waals surface area (Å²) >= 11 is 0. The average Bonchev–Trinajstić information content (AvgIpc) is 2.52. The Morgan fingerprint density at radius 3 is 1.92 bits per heavy atom. The SMILES string of the molecule is CCOc1ccc(C)c([N+](=O)[O-])c1.Cc1ccc(O)cc1[N+](=O)[O-]. The van der Waals surface area contributed by atoms with Gasteiger partial charge in [-0.15, -0.1) is 0 Å². The summed E-state index contributed by atoms with van der Waals surface area (Å²) in [4.78, 5) is 19.9. The summed E-state index contributed by atoms with van der Waals surface area (Å²) in [5.41, 5.74) is 1.25. The van der Waals surface area contributed by atoms with Crippen molar-refractivity contribution in [3.63, 3.8) is 0 Å². The lowest BCUT2D eigenvalue weighted by molar-refractivity contribution is -0.385. The van der Waals surface area contributed by atoms with E-state index in [0.717, 1.165) is 6.07 Å². The van der Waals surface area contributed by atoms with Gasteiger partial charge >= 0.3 is 0 Å². The molecule has 2 rings (SSSR count). The van der Waals surface area contributed by atoms with Gasteiger partial charge < -0.3 is 9.84 Å². The first kappa shape index (κ1) is 18.9. The third kappa shape index (κ3) is 5.24. The zero-order valence-corrected chi connectivity index (χ0v) is 13.6. The predicted octanol–water partition coefficient (Wildman–Crippen LogP) is 3.91. The highest BCUT2D eigenvalue weighted by molar-refractivity contribution is 5.45. The summed E-state index contributed by atoms with van der Waals surface area (Å²) in [6.07, 6.45) is 0. The van der Waals surface area contributed by atoms with Gasteiger partial charge in [-0.25, -0.2) is 0 Å². The van der Waals surface area contributed by atoms with Crippen molar-refractivity contribution in [3.8, 4) is 11.5 Å². The fourth-order valence-electron chi connectivity index (χ4n) is 1.84. The molecule has 0 saturated carbocycles. The summed E-state index contributed by atoms with van der Waals surface area (Å²) in [7, 11) is 0. The molecule has 0 radical (unpaired) electrons. The number of benzene rings is 2. The Morgan fingerprint density at radius 1 is 0.958 bits per heavy atom. The quantitative estimate of drug-likeness (QED) is 0.669. The fraction of sp³-hybridized carbons (Fsp3) is 0.250. The van der Waals surface area contributed by atoms with E-state index >= 15 is 0 Å². The zero-order valence-electron chi connectivity index (χ0n) is 13.6. The molecule has 8 nitrogen and oxygen atoms in total. The smallest absolute Gasteiger partial charge is 0.275 e. The zero-order chi connectivity index (χ0) is 18.3. The predicted molar refractivity (Wildman–Crippen MR) is 88.5 cm³/mol. The summed E-state index contributed by atoms with van der Waals surface area (Å²) in [5, 5.41) is 29.7. The Bertz CT molecular complexity index is 745. The number of aromatic hydroxyl groups is 1. The van der Waals surface area contributed by atoms with Gasteiger partial charge in [0.15, 0.2) is 0 Å². The lowest BCUT2D eigenvalue weighted by Crippen LogP contribution is -1.95. The number of nitrogens with zero attached hydrogens (tertiary/aromatic N) is 2. The van der Waals surface area contributed by atoms with Crippen LogP contribution in [0.3, 0.4) is 0 Å². The van der Waals surface area contributed by atoms with Crippen molar-refractivity contribution in [2.75, 3.05) is 6.61 Å². The maximum absolute atomic E-state index is 10.5. The minimum Gasteiger partial charge on any atom is -0.508 e. The third-order valence-corrected chi connectivity index (χ3v) is 3.08. The maximum atomic E-state index is 10.5. The number of rotatable bonds is 4. The first-order valence-electron chi connectivity index (χ1n) is 7.08. The summed E-state index contributed by atoms with van der Waals surface area (Å²) in [5.74, 6) is 0.460. The Balaban J connectivity index is 0.000000243. The Hall–Kier alpha value is -3.16. The van der Waals surface area contributed by atoms with Gasteiger partial charge in [0.2, 0.25) is 0 Å². The van der Waals surface area contributed by atoms with Crippen molar-refractivity contribution in [1.29, 1.82) is 0 Å². The Morgan fingerprint density at radius 2 is 1.46 bits per heavy atom. The lowest BCUT2D eigenvalue weighted by Gasteiger charge is -2.03. The topological polar surface area (TPSA) is 116 Å². The molecule has 0 saturated heterocycles. The van der Waals surface area contributed by atoms with Crippen LogP contribution in [0.4, 0.5) is 11.4 Å². The molecule has 0 aromatic heterocycles. The number of phenols is 1. The van der Waals surface area contributed by atoms with Gasteiger partial charge in [0.05, 0.1) is 28.6 Å². The van der Waals surface area contributed by atoms with Crippen LogP contribution in [0.25, 0.3) is 0 Å². The van der Waals surface area contributed by atoms with Crippen LogP contribution in [0.5, 0.6) is 11.5 Å². The number of nitro groups is 2. The van der Waals surface area contributed by atoms with Crippen LogP contribution < -0.4 is 4.74 Å². The molecule has 0 amide bonds. The van der Waals surface area contributed by atoms with Gasteiger partial charge in [0.1, 0.15) is 11.5 Å². The van der Waals surface area contributed by atoms with E-state index in [1.165, 1.54) is 18.2 Å². The number of aryl methyl sites for hydroxylation is 2. The largest absolute Gasteiger partial charge is 0.508 e. The maximum Gasteiger partial charge on any atom is 0.275 e. The van der Waals surface area contributed by atoms with E-state index in [-0.39, 0.29) is 17.1 Å². The second-order valence-electron chi connectivity index (χ2n) is 4.87. The second kappa shape index (κ2) is 8.47. The third-order valence-electron chi connectivity index (χ3n) is 3.08. The van der Waals surface area contributed by atoms with E-state index in [0.29, 0.717) is 23.5 Å². The van der Waals surface area contributed by atoms with Crippen LogP contribution in [-0.4, -0.2) is 21.6 Å². The van der Waals surface area contributed by atoms with E-state index in [9.17, 15) is 20.2 Å². The molecule has 0 aliphatic rings. The summed E-state index contributed by atoms with van der Waals surface area (Å²) in [6, 6.07) is 8.92. The Kier molecular flexibility index (Phi) is 6.66. The van der Waals surface area contributed by atoms with E-state index in [2.05, 4.69) is 0 Å². The molecule has 0 aliphatic heterocycles. The molecular weight excluding hydrogens is 316 g/mol. The minimum absolute atomic E-state index is 0.0509. The molecule has 0 spiro atoms. The number of nitro benzene ring substituents is 2. The van der Waals surface area contributed by atoms with E-state index in [4.69, 9.17) is 9.84 Å². The van der Waals surface area contributed by atoms with Gasteiger partial charge in [-0.1, -0.05) is 0 Å². The average molecular weight is 334 g/mol. The molecule has 2 aromatic carbocycles. The highest BCUT2D eigenvalue weighted by Gasteiger charge is 2.11. The monoisotopic (exact) mass is 334 g/mol. The van der Waals surface area contributed by atoms with Gasteiger partial charge in [0.25, 0.3) is 11.4 Å². The molecule has 1 N–H and O–H groups in total. The molecule has 0 aliphatic carbocycles. The highest BCUT2D eigenvalue weighted by Crippen LogP contribution is 2.24. The van der Waals surface area contributed by atoms with E-state index in [1.54, 1.807) is 26.0 Å². The molecule has 128 valence electrons. The molecule has 0 fully saturated rings. The van der Waals surface area contributed by atoms with Crippen molar-refractivity contribution in [2.24, 2.45) is 0 Å². The standard InChI is InChI=1S/C9H11NO3.C7H7NO3/c1-3-13-8-5-4-7(2)9(6-8)10(11)12;1-5-2-3-6(9)4-7(5)8(10)11/h4-6H,3H2,1-2H3;2-4,9H,1H3. The van der Waals surface area contributed by atoms with Gasteiger partial charge in [-0.3, -0.25) is 20.2 Å². The molecule has 24 heavy (non-hydrogen) atoms. The van der Waals surface area contributed by atoms with Crippen LogP contribution in [0.2, 0.25) is 0 Å². The Labute approximate surface area is 138 Å². The minimum atomic E-state index is -0.519. The van der Waals surface area contributed by atoms with Crippen LogP contribution in [-0.2, 0) is 0 Å². The number of hydrogen-bond donors (Lipinski definition) is 1. The number of phenolic OH excluding ortho intramolecular Hbond substituents is 1. The van der Waals surface area contributed by atoms with Crippen molar-refractivity contribution < 1.29 is 19.7 Å². The second-order valence-corrected chi connectivity index (χ2v) is 4.87. The lowest BCUT2D eigenvalue weighted by atomic mass is 10.2. The van der Waals surface area contributed by atoms with Crippen molar-refractivity contribution in [1.82, 2.24) is 0 Å². The number of hydrogen-bond acceptors (Lipinski definition) is 6. The van der Waals surface area contributed by atoms with Crippen LogP contribution in [0.15, 0.2) is 36.4 Å². The van der Waals surface area contributed by atoms with Gasteiger partial charge in [0, 0.05) is 11.1 Å².